The molecule has 2 aliphatic carbocycles. The number of oxime groups is 1. The quantitative estimate of drug-likeness (QED) is 0.350. The van der Waals surface area contributed by atoms with Crippen molar-refractivity contribution in [3.05, 3.63) is 0 Å². The fraction of sp³-hybridized carbons (Fsp3) is 0.889. The summed E-state index contributed by atoms with van der Waals surface area (Å²) >= 11 is 0. The van der Waals surface area contributed by atoms with Crippen LogP contribution in [0.4, 0.5) is 0 Å². The molecule has 0 spiro atoms. The Morgan fingerprint density at radius 1 is 1.36 bits per heavy atom. The molecule has 2 aliphatic rings. The maximum atomic E-state index is 8.61. The highest BCUT2D eigenvalue weighted by Gasteiger charge is 2.40. The fourth-order valence-corrected chi connectivity index (χ4v) is 2.83. The molecule has 0 amide bonds. The standard InChI is InChI=1S/C9H15NO/c1-6(10-11)9-5-7-2-3-8(9)4-7/h7-9,11H,2-5H2,1H3/b10-6+. The Bertz CT molecular complexity index is 188. The fourth-order valence-electron chi connectivity index (χ4n) is 2.83. The van der Waals surface area contributed by atoms with E-state index < -0.39 is 0 Å². The number of rotatable bonds is 1. The van der Waals surface area contributed by atoms with Crippen LogP contribution >= 0.6 is 0 Å². The molecular weight excluding hydrogens is 138 g/mol. The highest BCUT2D eigenvalue weighted by molar-refractivity contribution is 5.84. The summed E-state index contributed by atoms with van der Waals surface area (Å²) in [6, 6.07) is 0. The van der Waals surface area contributed by atoms with Crippen LogP contribution in [0, 0.1) is 17.8 Å². The molecule has 0 heterocycles. The van der Waals surface area contributed by atoms with Gasteiger partial charge < -0.3 is 5.21 Å². The zero-order valence-electron chi connectivity index (χ0n) is 6.95. The second kappa shape index (κ2) is 2.50. The van der Waals surface area contributed by atoms with Crippen LogP contribution in [0.3, 0.4) is 0 Å². The second-order valence-corrected chi connectivity index (χ2v) is 4.02. The predicted molar refractivity (Wildman–Crippen MR) is 43.8 cm³/mol. The third-order valence-electron chi connectivity index (χ3n) is 3.43. The zero-order chi connectivity index (χ0) is 7.84. The number of hydrogen-bond acceptors (Lipinski definition) is 2. The van der Waals surface area contributed by atoms with Crippen molar-refractivity contribution in [2.75, 3.05) is 0 Å². The minimum atomic E-state index is 0.610. The van der Waals surface area contributed by atoms with E-state index in [2.05, 4.69) is 5.16 Å². The summed E-state index contributed by atoms with van der Waals surface area (Å²) in [5, 5.41) is 11.9. The van der Waals surface area contributed by atoms with Gasteiger partial charge >= 0.3 is 0 Å². The third kappa shape index (κ3) is 1.05. The monoisotopic (exact) mass is 153 g/mol. The van der Waals surface area contributed by atoms with Gasteiger partial charge in [0.15, 0.2) is 0 Å². The first-order valence-corrected chi connectivity index (χ1v) is 4.50. The first-order valence-electron chi connectivity index (χ1n) is 4.50. The lowest BCUT2D eigenvalue weighted by Crippen LogP contribution is -2.18. The lowest BCUT2D eigenvalue weighted by Gasteiger charge is -2.19. The SMILES string of the molecule is C/C(=N\O)C1CC2CCC1C2. The summed E-state index contributed by atoms with van der Waals surface area (Å²) in [6.45, 7) is 1.95. The summed E-state index contributed by atoms with van der Waals surface area (Å²) in [5.41, 5.74) is 0.956. The van der Waals surface area contributed by atoms with Gasteiger partial charge in [-0.3, -0.25) is 0 Å². The number of nitrogens with zero attached hydrogens (tertiary/aromatic N) is 1. The Morgan fingerprint density at radius 3 is 2.64 bits per heavy atom. The molecule has 3 unspecified atom stereocenters. The first-order chi connectivity index (χ1) is 5.31. The van der Waals surface area contributed by atoms with Gasteiger partial charge in [0.1, 0.15) is 0 Å². The zero-order valence-corrected chi connectivity index (χ0v) is 6.95. The molecule has 2 rings (SSSR count). The van der Waals surface area contributed by atoms with E-state index >= 15 is 0 Å². The van der Waals surface area contributed by atoms with Crippen LogP contribution in [0.5, 0.6) is 0 Å². The number of hydrogen-bond donors (Lipinski definition) is 1. The van der Waals surface area contributed by atoms with E-state index in [0.717, 1.165) is 17.5 Å². The van der Waals surface area contributed by atoms with E-state index in [1.54, 1.807) is 0 Å². The minimum Gasteiger partial charge on any atom is -0.411 e. The van der Waals surface area contributed by atoms with E-state index in [-0.39, 0.29) is 0 Å². The molecule has 0 saturated heterocycles. The second-order valence-electron chi connectivity index (χ2n) is 4.02. The predicted octanol–water partition coefficient (Wildman–Crippen LogP) is 2.27. The Morgan fingerprint density at radius 2 is 2.18 bits per heavy atom. The van der Waals surface area contributed by atoms with Crippen LogP contribution in [-0.4, -0.2) is 10.9 Å². The number of fused-ring (bicyclic) bond motifs is 2. The molecule has 0 aromatic heterocycles. The smallest absolute Gasteiger partial charge is 0.0573 e. The molecule has 2 heteroatoms. The van der Waals surface area contributed by atoms with Gasteiger partial charge in [-0.2, -0.15) is 0 Å². The maximum absolute atomic E-state index is 8.61. The van der Waals surface area contributed by atoms with Crippen molar-refractivity contribution < 1.29 is 5.21 Å². The van der Waals surface area contributed by atoms with Gasteiger partial charge in [0.25, 0.3) is 0 Å². The molecule has 2 fully saturated rings. The lowest BCUT2D eigenvalue weighted by atomic mass is 9.86. The van der Waals surface area contributed by atoms with Crippen molar-refractivity contribution in [2.24, 2.45) is 22.9 Å². The van der Waals surface area contributed by atoms with Crippen molar-refractivity contribution in [1.29, 1.82) is 0 Å². The van der Waals surface area contributed by atoms with Gasteiger partial charge in [-0.1, -0.05) is 11.6 Å². The van der Waals surface area contributed by atoms with Crippen LogP contribution < -0.4 is 0 Å². The maximum Gasteiger partial charge on any atom is 0.0573 e. The summed E-state index contributed by atoms with van der Waals surface area (Å²) < 4.78 is 0. The van der Waals surface area contributed by atoms with Gasteiger partial charge in [0, 0.05) is 5.92 Å². The van der Waals surface area contributed by atoms with Crippen molar-refractivity contribution in [1.82, 2.24) is 0 Å². The van der Waals surface area contributed by atoms with E-state index in [0.29, 0.717) is 5.92 Å². The van der Waals surface area contributed by atoms with Crippen LogP contribution in [0.1, 0.15) is 32.6 Å². The molecule has 2 saturated carbocycles. The summed E-state index contributed by atoms with van der Waals surface area (Å²) in [5.74, 6) is 2.40. The van der Waals surface area contributed by atoms with Gasteiger partial charge in [0.05, 0.1) is 5.71 Å². The Hall–Kier alpha value is -0.530. The Kier molecular flexibility index (Phi) is 1.63. The van der Waals surface area contributed by atoms with Crippen LogP contribution in [0.25, 0.3) is 0 Å². The molecule has 62 valence electrons. The molecule has 2 bridgehead atoms. The minimum absolute atomic E-state index is 0.610. The lowest BCUT2D eigenvalue weighted by molar-refractivity contribution is 0.307. The van der Waals surface area contributed by atoms with E-state index in [1.807, 2.05) is 6.92 Å². The molecule has 11 heavy (non-hydrogen) atoms. The summed E-state index contributed by atoms with van der Waals surface area (Å²) in [7, 11) is 0. The highest BCUT2D eigenvalue weighted by atomic mass is 16.4. The van der Waals surface area contributed by atoms with Crippen LogP contribution in [0.15, 0.2) is 5.16 Å². The third-order valence-corrected chi connectivity index (χ3v) is 3.43. The molecule has 0 radical (unpaired) electrons. The topological polar surface area (TPSA) is 32.6 Å². The normalized spacial score (nSPS) is 43.4. The molecule has 0 aromatic rings. The van der Waals surface area contributed by atoms with E-state index in [9.17, 15) is 0 Å². The summed E-state index contributed by atoms with van der Waals surface area (Å²) in [4.78, 5) is 0. The van der Waals surface area contributed by atoms with E-state index in [4.69, 9.17) is 5.21 Å². The highest BCUT2D eigenvalue weighted by Crippen LogP contribution is 2.48. The van der Waals surface area contributed by atoms with E-state index in [1.165, 1.54) is 25.7 Å². The Labute approximate surface area is 67.3 Å². The van der Waals surface area contributed by atoms with Crippen molar-refractivity contribution in [3.8, 4) is 0 Å². The van der Waals surface area contributed by atoms with Gasteiger partial charge in [-0.05, 0) is 38.0 Å². The molecule has 1 N–H and O–H groups in total. The van der Waals surface area contributed by atoms with Gasteiger partial charge in [0.2, 0.25) is 0 Å². The van der Waals surface area contributed by atoms with Crippen LogP contribution in [-0.2, 0) is 0 Å². The average Bonchev–Trinajstić information content (AvgIpc) is 2.62. The van der Waals surface area contributed by atoms with Gasteiger partial charge in [-0.15, -0.1) is 0 Å². The largest absolute Gasteiger partial charge is 0.411 e. The molecule has 0 aromatic carbocycles. The van der Waals surface area contributed by atoms with Crippen molar-refractivity contribution >= 4 is 5.71 Å². The molecular formula is C9H15NO. The Balaban J connectivity index is 2.08. The molecule has 2 nitrogen and oxygen atoms in total. The average molecular weight is 153 g/mol. The molecule has 3 atom stereocenters. The summed E-state index contributed by atoms with van der Waals surface area (Å²) in [6.07, 6.45) is 5.44. The molecule has 0 aliphatic heterocycles. The van der Waals surface area contributed by atoms with Crippen molar-refractivity contribution in [3.63, 3.8) is 0 Å². The van der Waals surface area contributed by atoms with Gasteiger partial charge in [-0.25, -0.2) is 0 Å². The first kappa shape index (κ1) is 7.14. The van der Waals surface area contributed by atoms with Crippen molar-refractivity contribution in [2.45, 2.75) is 32.6 Å². The van der Waals surface area contributed by atoms with Crippen LogP contribution in [0.2, 0.25) is 0 Å².